The normalized spacial score (nSPS) is 11.4. The number of fused-ring (bicyclic) bond motifs is 4. The van der Waals surface area contributed by atoms with Gasteiger partial charge in [-0.1, -0.05) is 109 Å². The zero-order valence-electron chi connectivity index (χ0n) is 25.3. The molecule has 4 heteroatoms. The number of pyridine rings is 1. The Morgan fingerprint density at radius 1 is 0.426 bits per heavy atom. The number of rotatable bonds is 5. The maximum absolute atomic E-state index is 6.45. The van der Waals surface area contributed by atoms with Crippen molar-refractivity contribution in [3.63, 3.8) is 0 Å². The van der Waals surface area contributed by atoms with Gasteiger partial charge in [0.2, 0.25) is 0 Å². The molecule has 3 aromatic heterocycles. The highest BCUT2D eigenvalue weighted by atomic mass is 16.3. The van der Waals surface area contributed by atoms with Gasteiger partial charge in [0.15, 0.2) is 11.4 Å². The van der Waals surface area contributed by atoms with Gasteiger partial charge < -0.3 is 4.42 Å². The van der Waals surface area contributed by atoms with Crippen molar-refractivity contribution in [3.8, 4) is 56.2 Å². The quantitative estimate of drug-likeness (QED) is 0.197. The van der Waals surface area contributed by atoms with Gasteiger partial charge in [-0.3, -0.25) is 4.98 Å². The third kappa shape index (κ3) is 4.93. The van der Waals surface area contributed by atoms with Crippen LogP contribution in [0.3, 0.4) is 0 Å². The van der Waals surface area contributed by atoms with Crippen LogP contribution in [0.5, 0.6) is 0 Å². The lowest BCUT2D eigenvalue weighted by Crippen LogP contribution is -1.97. The van der Waals surface area contributed by atoms with Crippen LogP contribution in [-0.4, -0.2) is 15.0 Å². The van der Waals surface area contributed by atoms with Gasteiger partial charge in [-0.25, -0.2) is 9.97 Å². The molecule has 0 unspecified atom stereocenters. The molecule has 0 atom stereocenters. The zero-order valence-corrected chi connectivity index (χ0v) is 25.3. The van der Waals surface area contributed by atoms with Crippen molar-refractivity contribution in [3.05, 3.63) is 164 Å². The first-order valence-electron chi connectivity index (χ1n) is 15.7. The van der Waals surface area contributed by atoms with Crippen LogP contribution in [0.25, 0.3) is 89.0 Å². The lowest BCUT2D eigenvalue weighted by atomic mass is 9.94. The molecular formula is C43H27N3O. The van der Waals surface area contributed by atoms with Crippen molar-refractivity contribution in [2.45, 2.75) is 0 Å². The Balaban J connectivity index is 1.31. The Morgan fingerprint density at radius 3 is 1.83 bits per heavy atom. The Morgan fingerprint density at radius 2 is 1.06 bits per heavy atom. The van der Waals surface area contributed by atoms with Crippen molar-refractivity contribution in [1.29, 1.82) is 0 Å². The third-order valence-corrected chi connectivity index (χ3v) is 8.71. The fourth-order valence-corrected chi connectivity index (χ4v) is 6.37. The summed E-state index contributed by atoms with van der Waals surface area (Å²) in [6, 6.07) is 54.4. The van der Waals surface area contributed by atoms with Crippen molar-refractivity contribution in [2.75, 3.05) is 0 Å². The van der Waals surface area contributed by atoms with Crippen LogP contribution < -0.4 is 0 Å². The van der Waals surface area contributed by atoms with Crippen molar-refractivity contribution < 1.29 is 4.42 Å². The summed E-state index contributed by atoms with van der Waals surface area (Å²) in [6.45, 7) is 0. The van der Waals surface area contributed by atoms with Crippen LogP contribution in [0.4, 0.5) is 0 Å². The smallest absolute Gasteiger partial charge is 0.161 e. The van der Waals surface area contributed by atoms with E-state index >= 15 is 0 Å². The average molecular weight is 602 g/mol. The minimum Gasteiger partial charge on any atom is -0.454 e. The summed E-state index contributed by atoms with van der Waals surface area (Å²) >= 11 is 0. The van der Waals surface area contributed by atoms with Gasteiger partial charge in [-0.15, -0.1) is 0 Å². The molecule has 220 valence electrons. The molecule has 0 N–H and O–H groups in total. The van der Waals surface area contributed by atoms with Gasteiger partial charge in [0.05, 0.1) is 11.4 Å². The van der Waals surface area contributed by atoms with E-state index in [1.54, 1.807) is 0 Å². The lowest BCUT2D eigenvalue weighted by Gasteiger charge is -2.13. The van der Waals surface area contributed by atoms with Crippen molar-refractivity contribution in [2.24, 2.45) is 0 Å². The molecule has 0 aliphatic rings. The van der Waals surface area contributed by atoms with Crippen LogP contribution in [0.1, 0.15) is 0 Å². The highest BCUT2D eigenvalue weighted by Crippen LogP contribution is 2.39. The number of para-hydroxylation sites is 1. The zero-order chi connectivity index (χ0) is 31.2. The van der Waals surface area contributed by atoms with Gasteiger partial charge in [0.25, 0.3) is 0 Å². The molecule has 3 heterocycles. The molecule has 0 spiro atoms. The third-order valence-electron chi connectivity index (χ3n) is 8.71. The first kappa shape index (κ1) is 27.0. The minimum absolute atomic E-state index is 0.656. The maximum Gasteiger partial charge on any atom is 0.161 e. The molecule has 0 saturated heterocycles. The van der Waals surface area contributed by atoms with E-state index in [9.17, 15) is 0 Å². The fraction of sp³-hybridized carbons (Fsp3) is 0. The van der Waals surface area contributed by atoms with E-state index in [0.29, 0.717) is 5.82 Å². The number of nitrogens with zero attached hydrogens (tertiary/aromatic N) is 3. The predicted molar refractivity (Wildman–Crippen MR) is 192 cm³/mol. The second-order valence-electron chi connectivity index (χ2n) is 11.7. The summed E-state index contributed by atoms with van der Waals surface area (Å²) < 4.78 is 6.45. The Kier molecular flexibility index (Phi) is 6.43. The molecular weight excluding hydrogens is 574 g/mol. The van der Waals surface area contributed by atoms with Gasteiger partial charge in [0.1, 0.15) is 11.1 Å². The van der Waals surface area contributed by atoms with Gasteiger partial charge in [-0.2, -0.15) is 0 Å². The molecule has 0 bridgehead atoms. The van der Waals surface area contributed by atoms with Gasteiger partial charge >= 0.3 is 0 Å². The molecule has 9 rings (SSSR count). The van der Waals surface area contributed by atoms with Crippen LogP contribution in [0.15, 0.2) is 168 Å². The molecule has 0 saturated carbocycles. The topological polar surface area (TPSA) is 51.8 Å². The van der Waals surface area contributed by atoms with E-state index < -0.39 is 0 Å². The van der Waals surface area contributed by atoms with E-state index in [-0.39, 0.29) is 0 Å². The van der Waals surface area contributed by atoms with Crippen LogP contribution in [0, 0.1) is 0 Å². The maximum atomic E-state index is 6.45. The number of benzene rings is 6. The van der Waals surface area contributed by atoms with E-state index in [0.717, 1.165) is 72.4 Å². The summed E-state index contributed by atoms with van der Waals surface area (Å²) in [5.74, 6) is 0.656. The molecule has 47 heavy (non-hydrogen) atoms. The fourth-order valence-electron chi connectivity index (χ4n) is 6.37. The molecule has 0 fully saturated rings. The van der Waals surface area contributed by atoms with Gasteiger partial charge in [-0.05, 0) is 76.0 Å². The monoisotopic (exact) mass is 601 g/mol. The second kappa shape index (κ2) is 11.2. The van der Waals surface area contributed by atoms with E-state index in [1.807, 2.05) is 66.9 Å². The summed E-state index contributed by atoms with van der Waals surface area (Å²) in [7, 11) is 0. The van der Waals surface area contributed by atoms with E-state index in [4.69, 9.17) is 19.4 Å². The van der Waals surface area contributed by atoms with Crippen molar-refractivity contribution in [1.82, 2.24) is 15.0 Å². The first-order valence-corrected chi connectivity index (χ1v) is 15.7. The second-order valence-corrected chi connectivity index (χ2v) is 11.7. The van der Waals surface area contributed by atoms with Gasteiger partial charge in [0, 0.05) is 33.8 Å². The largest absolute Gasteiger partial charge is 0.454 e. The van der Waals surface area contributed by atoms with E-state index in [2.05, 4.69) is 97.1 Å². The molecule has 9 aromatic rings. The Labute approximate surface area is 271 Å². The highest BCUT2D eigenvalue weighted by molar-refractivity contribution is 6.07. The summed E-state index contributed by atoms with van der Waals surface area (Å²) in [5, 5.41) is 3.40. The Hall–Kier alpha value is -6.39. The molecule has 0 aliphatic carbocycles. The lowest BCUT2D eigenvalue weighted by molar-refractivity contribution is 0.669. The standard InChI is InChI=1S/C43H27N3O/c1-3-12-29(13-4-1)38-27-39(30-14-5-2-6-15-30)46-43(45-38)35-25-33(32-20-19-28-11-7-8-16-31(28)23-32)24-34(26-35)36-21-22-44-41-37-17-9-10-18-40(37)47-42(36)41/h1-27H. The number of hydrogen-bond acceptors (Lipinski definition) is 4. The first-order chi connectivity index (χ1) is 23.3. The highest BCUT2D eigenvalue weighted by Gasteiger charge is 2.17. The summed E-state index contributed by atoms with van der Waals surface area (Å²) in [6.07, 6.45) is 1.86. The minimum atomic E-state index is 0.656. The molecule has 6 aromatic carbocycles. The molecule has 0 radical (unpaired) electrons. The SMILES string of the molecule is c1ccc(-c2cc(-c3ccccc3)nc(-c3cc(-c4ccc5ccccc5c4)cc(-c4ccnc5c4oc4ccccc45)c3)n2)cc1. The number of furan rings is 1. The summed E-state index contributed by atoms with van der Waals surface area (Å²) in [4.78, 5) is 15.1. The molecule has 0 amide bonds. The average Bonchev–Trinajstić information content (AvgIpc) is 3.54. The van der Waals surface area contributed by atoms with Crippen LogP contribution in [-0.2, 0) is 0 Å². The number of aromatic nitrogens is 3. The van der Waals surface area contributed by atoms with Crippen molar-refractivity contribution >= 4 is 32.8 Å². The van der Waals surface area contributed by atoms with Crippen LogP contribution >= 0.6 is 0 Å². The predicted octanol–water partition coefficient (Wildman–Crippen LogP) is 11.3. The molecule has 0 aliphatic heterocycles. The molecule has 4 nitrogen and oxygen atoms in total. The van der Waals surface area contributed by atoms with Crippen LogP contribution in [0.2, 0.25) is 0 Å². The van der Waals surface area contributed by atoms with E-state index in [1.165, 1.54) is 10.8 Å². The summed E-state index contributed by atoms with van der Waals surface area (Å²) in [5.41, 5.74) is 11.3. The Bertz CT molecular complexity index is 2510. The number of hydrogen-bond donors (Lipinski definition) is 0.